The van der Waals surface area contributed by atoms with E-state index in [9.17, 15) is 4.79 Å². The molecule has 146 valence electrons. The third-order valence-corrected chi connectivity index (χ3v) is 5.92. The zero-order chi connectivity index (χ0) is 19.3. The van der Waals surface area contributed by atoms with Crippen molar-refractivity contribution in [2.75, 3.05) is 24.5 Å². The van der Waals surface area contributed by atoms with Crippen LogP contribution in [0.15, 0.2) is 18.2 Å². The smallest absolute Gasteiger partial charge is 0.271 e. The van der Waals surface area contributed by atoms with E-state index in [-0.39, 0.29) is 5.91 Å². The Bertz CT molecular complexity index is 1010. The number of carbonyl (C=O) groups is 1. The predicted octanol–water partition coefficient (Wildman–Crippen LogP) is 1.30. The van der Waals surface area contributed by atoms with Crippen LogP contribution in [0.4, 0.5) is 5.82 Å². The van der Waals surface area contributed by atoms with Crippen LogP contribution in [0.5, 0.6) is 0 Å². The van der Waals surface area contributed by atoms with Crippen molar-refractivity contribution >= 4 is 17.4 Å². The molecule has 0 radical (unpaired) electrons. The highest BCUT2D eigenvalue weighted by molar-refractivity contribution is 5.92. The molecule has 1 amide bonds. The summed E-state index contributed by atoms with van der Waals surface area (Å²) in [6, 6.07) is 5.79. The van der Waals surface area contributed by atoms with E-state index in [1.54, 1.807) is 10.7 Å². The van der Waals surface area contributed by atoms with Gasteiger partial charge in [0, 0.05) is 44.2 Å². The molecule has 0 atom stereocenters. The molecule has 1 aliphatic carbocycles. The van der Waals surface area contributed by atoms with Gasteiger partial charge in [-0.3, -0.25) is 9.48 Å². The Morgan fingerprint density at radius 1 is 1.21 bits per heavy atom. The van der Waals surface area contributed by atoms with Crippen LogP contribution in [0, 0.1) is 12.8 Å². The summed E-state index contributed by atoms with van der Waals surface area (Å²) in [6.45, 7) is 4.33. The average Bonchev–Trinajstić information content (AvgIpc) is 3.16. The van der Waals surface area contributed by atoms with Crippen molar-refractivity contribution in [1.82, 2.24) is 34.9 Å². The molecular formula is C19H24N8O. The van der Waals surface area contributed by atoms with Crippen molar-refractivity contribution in [3.63, 3.8) is 0 Å². The van der Waals surface area contributed by atoms with Crippen LogP contribution < -0.4 is 10.2 Å². The molecular weight excluding hydrogens is 356 g/mol. The van der Waals surface area contributed by atoms with E-state index in [1.807, 2.05) is 30.6 Å². The molecule has 2 fully saturated rings. The van der Waals surface area contributed by atoms with Crippen LogP contribution in [-0.4, -0.2) is 55.1 Å². The molecule has 9 heteroatoms. The number of anilines is 1. The fourth-order valence-electron chi connectivity index (χ4n) is 3.77. The van der Waals surface area contributed by atoms with Gasteiger partial charge >= 0.3 is 0 Å². The van der Waals surface area contributed by atoms with Crippen LogP contribution in [-0.2, 0) is 7.05 Å². The van der Waals surface area contributed by atoms with Crippen molar-refractivity contribution in [3.05, 3.63) is 35.4 Å². The van der Waals surface area contributed by atoms with Gasteiger partial charge in [-0.25, -0.2) is 0 Å². The van der Waals surface area contributed by atoms with Crippen molar-refractivity contribution in [2.24, 2.45) is 13.0 Å². The number of hydrogen-bond donors (Lipinski definition) is 1. The van der Waals surface area contributed by atoms with E-state index in [2.05, 4.69) is 25.5 Å². The number of nitrogens with zero attached hydrogens (tertiary/aromatic N) is 7. The van der Waals surface area contributed by atoms with E-state index in [4.69, 9.17) is 5.10 Å². The van der Waals surface area contributed by atoms with Crippen LogP contribution in [0.2, 0.25) is 0 Å². The number of carbonyl (C=O) groups excluding carboxylic acids is 1. The number of nitrogens with one attached hydrogen (secondary N) is 1. The normalized spacial score (nSPS) is 17.6. The zero-order valence-corrected chi connectivity index (χ0v) is 16.2. The monoisotopic (exact) mass is 380 g/mol. The predicted molar refractivity (Wildman–Crippen MR) is 103 cm³/mol. The Balaban J connectivity index is 1.19. The van der Waals surface area contributed by atoms with Gasteiger partial charge < -0.3 is 10.2 Å². The first-order valence-corrected chi connectivity index (χ1v) is 9.84. The Kier molecular flexibility index (Phi) is 4.03. The van der Waals surface area contributed by atoms with Gasteiger partial charge in [-0.2, -0.15) is 9.61 Å². The fourth-order valence-corrected chi connectivity index (χ4v) is 3.77. The molecule has 28 heavy (non-hydrogen) atoms. The summed E-state index contributed by atoms with van der Waals surface area (Å²) in [5, 5.41) is 20.6. The maximum Gasteiger partial charge on any atom is 0.271 e. The summed E-state index contributed by atoms with van der Waals surface area (Å²) in [5.41, 5.74) is 2.25. The Labute approximate surface area is 162 Å². The van der Waals surface area contributed by atoms with Gasteiger partial charge in [-0.1, -0.05) is 6.42 Å². The molecule has 0 bridgehead atoms. The third-order valence-electron chi connectivity index (χ3n) is 5.92. The molecule has 1 saturated carbocycles. The quantitative estimate of drug-likeness (QED) is 0.717. The minimum atomic E-state index is -0.115. The molecule has 9 nitrogen and oxygen atoms in total. The maximum atomic E-state index is 12.2. The molecule has 1 N–H and O–H groups in total. The number of hydrogen-bond acceptors (Lipinski definition) is 6. The largest absolute Gasteiger partial charge is 0.354 e. The van der Waals surface area contributed by atoms with E-state index < -0.39 is 0 Å². The topological polar surface area (TPSA) is 93.2 Å². The summed E-state index contributed by atoms with van der Waals surface area (Å²) in [7, 11) is 1.84. The number of amides is 1. The summed E-state index contributed by atoms with van der Waals surface area (Å²) >= 11 is 0. The first-order chi connectivity index (χ1) is 13.6. The maximum absolute atomic E-state index is 12.2. The van der Waals surface area contributed by atoms with Crippen molar-refractivity contribution < 1.29 is 4.79 Å². The second-order valence-corrected chi connectivity index (χ2v) is 7.92. The summed E-state index contributed by atoms with van der Waals surface area (Å²) in [4.78, 5) is 14.5. The third kappa shape index (κ3) is 2.90. The minimum absolute atomic E-state index is 0.115. The van der Waals surface area contributed by atoms with E-state index in [1.165, 1.54) is 19.3 Å². The zero-order valence-electron chi connectivity index (χ0n) is 16.2. The molecule has 0 spiro atoms. The number of rotatable bonds is 5. The number of fused-ring (bicyclic) bond motifs is 1. The van der Waals surface area contributed by atoms with E-state index >= 15 is 0 Å². The molecule has 3 aromatic rings. The van der Waals surface area contributed by atoms with Gasteiger partial charge in [-0.05, 0) is 38.0 Å². The van der Waals surface area contributed by atoms with Crippen LogP contribution >= 0.6 is 0 Å². The van der Waals surface area contributed by atoms with Crippen molar-refractivity contribution in [3.8, 4) is 0 Å². The van der Waals surface area contributed by atoms with Crippen LogP contribution in [0.3, 0.4) is 0 Å². The van der Waals surface area contributed by atoms with E-state index in [0.29, 0.717) is 24.1 Å². The van der Waals surface area contributed by atoms with E-state index in [0.717, 1.165) is 36.1 Å². The second-order valence-electron chi connectivity index (χ2n) is 7.92. The van der Waals surface area contributed by atoms with Gasteiger partial charge in [0.2, 0.25) is 0 Å². The molecule has 1 saturated heterocycles. The van der Waals surface area contributed by atoms with Crippen molar-refractivity contribution in [2.45, 2.75) is 32.1 Å². The molecule has 3 aromatic heterocycles. The van der Waals surface area contributed by atoms with Gasteiger partial charge in [0.1, 0.15) is 11.5 Å². The van der Waals surface area contributed by atoms with Crippen LogP contribution in [0.25, 0.3) is 5.65 Å². The minimum Gasteiger partial charge on any atom is -0.354 e. The molecule has 2 aliphatic rings. The fraction of sp³-hybridized carbons (Fsp3) is 0.526. The first-order valence-electron chi connectivity index (χ1n) is 9.84. The highest BCUT2D eigenvalue weighted by atomic mass is 16.1. The lowest BCUT2D eigenvalue weighted by Gasteiger charge is -2.40. The summed E-state index contributed by atoms with van der Waals surface area (Å²) in [6.07, 6.45) is 3.61. The van der Waals surface area contributed by atoms with Crippen LogP contribution in [0.1, 0.15) is 47.2 Å². The highest BCUT2D eigenvalue weighted by Crippen LogP contribution is 2.35. The molecule has 4 heterocycles. The van der Waals surface area contributed by atoms with Gasteiger partial charge in [-0.15, -0.1) is 15.3 Å². The average molecular weight is 380 g/mol. The standard InChI is InChI=1S/C19H24N8O/c1-12-8-15(23-25(12)2)19(28)20-9-13-10-26(11-13)17-7-6-16-21-22-18(27(16)24-17)14-4-3-5-14/h6-8,13-14H,3-5,9-11H2,1-2H3,(H,20,28). The highest BCUT2D eigenvalue weighted by Gasteiger charge is 2.30. The second kappa shape index (κ2) is 6.57. The molecule has 5 rings (SSSR count). The molecule has 1 aliphatic heterocycles. The lowest BCUT2D eigenvalue weighted by Crippen LogP contribution is -2.52. The Morgan fingerprint density at radius 3 is 2.71 bits per heavy atom. The summed E-state index contributed by atoms with van der Waals surface area (Å²) in [5.74, 6) is 2.72. The van der Waals surface area contributed by atoms with Gasteiger partial charge in [0.05, 0.1) is 0 Å². The number of aryl methyl sites for hydroxylation is 2. The Morgan fingerprint density at radius 2 is 2.04 bits per heavy atom. The van der Waals surface area contributed by atoms with Gasteiger partial charge in [0.25, 0.3) is 5.91 Å². The lowest BCUT2D eigenvalue weighted by atomic mass is 9.85. The lowest BCUT2D eigenvalue weighted by molar-refractivity contribution is 0.0938. The van der Waals surface area contributed by atoms with Crippen molar-refractivity contribution in [1.29, 1.82) is 0 Å². The molecule has 0 unspecified atom stereocenters. The molecule has 0 aromatic carbocycles. The first kappa shape index (κ1) is 17.2. The summed E-state index contributed by atoms with van der Waals surface area (Å²) < 4.78 is 3.61. The van der Waals surface area contributed by atoms with Gasteiger partial charge in [0.15, 0.2) is 11.5 Å². The SMILES string of the molecule is Cc1cc(C(=O)NCC2CN(c3ccc4nnc(C5CCC5)n4n3)C2)nn1C. The Hall–Kier alpha value is -2.97. The number of aromatic nitrogens is 6.